The molecule has 4 rings (SSSR count). The molecule has 1 aromatic heterocycles. The van der Waals surface area contributed by atoms with Crippen LogP contribution in [-0.2, 0) is 21.7 Å². The molecule has 1 atom stereocenters. The number of anilines is 1. The Bertz CT molecular complexity index is 1010. The number of ketones is 1. The van der Waals surface area contributed by atoms with Crippen LogP contribution in [0, 0.1) is 0 Å². The Morgan fingerprint density at radius 1 is 1.11 bits per heavy atom. The van der Waals surface area contributed by atoms with E-state index in [4.69, 9.17) is 4.42 Å². The van der Waals surface area contributed by atoms with Gasteiger partial charge in [-0.2, -0.15) is 0 Å². The number of carbonyl (C=O) groups excluding carboxylic acids is 2. The monoisotopic (exact) mass is 363 g/mol. The molecular formula is C20H17N3O4. The van der Waals surface area contributed by atoms with Crippen molar-refractivity contribution < 1.29 is 19.1 Å². The first-order chi connectivity index (χ1) is 13.0. The molecule has 2 aromatic carbocycles. The lowest BCUT2D eigenvalue weighted by atomic mass is 9.90. The number of Topliss-reactive ketones (excluding diaryl/α,β-unsaturated/α-hetero) is 1. The Morgan fingerprint density at radius 2 is 1.81 bits per heavy atom. The van der Waals surface area contributed by atoms with Crippen molar-refractivity contribution in [3.05, 3.63) is 66.1 Å². The van der Waals surface area contributed by atoms with Crippen LogP contribution in [0.1, 0.15) is 24.8 Å². The molecule has 3 aromatic rings. The lowest BCUT2D eigenvalue weighted by molar-refractivity contribution is -0.141. The zero-order chi connectivity index (χ0) is 19.0. The summed E-state index contributed by atoms with van der Waals surface area (Å²) in [5, 5.41) is 19.0. The standard InChI is InChI=1S/C20H17N3O4/c1-13(24)11-20(26)15-9-5-6-10-16(15)23(19(20)25)12-17-21-22-18(27-17)14-7-3-2-4-8-14/h2-10,26H,11-12H2,1H3. The van der Waals surface area contributed by atoms with Gasteiger partial charge in [-0.25, -0.2) is 0 Å². The minimum absolute atomic E-state index is 0.00982. The highest BCUT2D eigenvalue weighted by Gasteiger charge is 2.50. The van der Waals surface area contributed by atoms with Gasteiger partial charge in [-0.3, -0.25) is 14.5 Å². The molecule has 0 saturated heterocycles. The summed E-state index contributed by atoms with van der Waals surface area (Å²) in [6, 6.07) is 16.2. The van der Waals surface area contributed by atoms with Gasteiger partial charge in [-0.05, 0) is 25.1 Å². The van der Waals surface area contributed by atoms with Crippen molar-refractivity contribution in [1.82, 2.24) is 10.2 Å². The number of fused-ring (bicyclic) bond motifs is 1. The molecule has 7 heteroatoms. The number of nitrogens with zero attached hydrogens (tertiary/aromatic N) is 3. The van der Waals surface area contributed by atoms with Gasteiger partial charge in [0.1, 0.15) is 12.3 Å². The van der Waals surface area contributed by atoms with E-state index < -0.39 is 11.5 Å². The second-order valence-corrected chi connectivity index (χ2v) is 6.51. The van der Waals surface area contributed by atoms with Gasteiger partial charge < -0.3 is 9.52 Å². The summed E-state index contributed by atoms with van der Waals surface area (Å²) < 4.78 is 5.68. The molecule has 27 heavy (non-hydrogen) atoms. The van der Waals surface area contributed by atoms with E-state index in [0.29, 0.717) is 17.1 Å². The molecule has 1 aliphatic heterocycles. The number of rotatable bonds is 5. The summed E-state index contributed by atoms with van der Waals surface area (Å²) in [6.45, 7) is 1.36. The number of para-hydroxylation sites is 1. The van der Waals surface area contributed by atoms with Crippen molar-refractivity contribution in [1.29, 1.82) is 0 Å². The normalized spacial score (nSPS) is 18.6. The highest BCUT2D eigenvalue weighted by molar-refractivity contribution is 6.08. The number of carbonyl (C=O) groups is 2. The average molecular weight is 363 g/mol. The third kappa shape index (κ3) is 2.92. The number of hydrogen-bond acceptors (Lipinski definition) is 6. The van der Waals surface area contributed by atoms with Gasteiger partial charge in [0, 0.05) is 17.5 Å². The minimum Gasteiger partial charge on any atom is -0.419 e. The van der Waals surface area contributed by atoms with E-state index in [1.165, 1.54) is 11.8 Å². The predicted octanol–water partition coefficient (Wildman–Crippen LogP) is 2.45. The second-order valence-electron chi connectivity index (χ2n) is 6.51. The van der Waals surface area contributed by atoms with E-state index in [2.05, 4.69) is 10.2 Å². The fourth-order valence-corrected chi connectivity index (χ4v) is 3.34. The Hall–Kier alpha value is -3.32. The molecule has 0 radical (unpaired) electrons. The topological polar surface area (TPSA) is 96.5 Å². The van der Waals surface area contributed by atoms with Crippen molar-refractivity contribution in [2.24, 2.45) is 0 Å². The lowest BCUT2D eigenvalue weighted by Crippen LogP contribution is -2.41. The van der Waals surface area contributed by atoms with Crippen molar-refractivity contribution in [2.75, 3.05) is 4.90 Å². The Labute approximate surface area is 155 Å². The Kier molecular flexibility index (Phi) is 4.08. The number of aromatic nitrogens is 2. The zero-order valence-corrected chi connectivity index (χ0v) is 14.6. The lowest BCUT2D eigenvalue weighted by Gasteiger charge is -2.21. The fourth-order valence-electron chi connectivity index (χ4n) is 3.34. The highest BCUT2D eigenvalue weighted by Crippen LogP contribution is 2.43. The molecule has 1 amide bonds. The first kappa shape index (κ1) is 17.1. The van der Waals surface area contributed by atoms with Crippen molar-refractivity contribution in [3.63, 3.8) is 0 Å². The van der Waals surface area contributed by atoms with Crippen LogP contribution in [-0.4, -0.2) is 27.0 Å². The smallest absolute Gasteiger partial charge is 0.264 e. The van der Waals surface area contributed by atoms with E-state index >= 15 is 0 Å². The number of hydrogen-bond donors (Lipinski definition) is 1. The van der Waals surface area contributed by atoms with E-state index in [1.54, 1.807) is 24.3 Å². The molecule has 0 bridgehead atoms. The largest absolute Gasteiger partial charge is 0.419 e. The summed E-state index contributed by atoms with van der Waals surface area (Å²) in [5.74, 6) is -0.251. The van der Waals surface area contributed by atoms with Gasteiger partial charge in [0.2, 0.25) is 11.8 Å². The first-order valence-corrected chi connectivity index (χ1v) is 8.50. The SMILES string of the molecule is CC(=O)CC1(O)C(=O)N(Cc2nnc(-c3ccccc3)o2)c2ccccc21. The number of benzene rings is 2. The van der Waals surface area contributed by atoms with E-state index in [1.807, 2.05) is 30.3 Å². The second kappa shape index (κ2) is 6.44. The Balaban J connectivity index is 1.66. The Morgan fingerprint density at radius 3 is 2.56 bits per heavy atom. The van der Waals surface area contributed by atoms with Crippen LogP contribution in [0.15, 0.2) is 59.0 Å². The molecule has 0 aliphatic carbocycles. The van der Waals surface area contributed by atoms with E-state index in [-0.39, 0.29) is 24.6 Å². The molecule has 0 saturated carbocycles. The summed E-state index contributed by atoms with van der Waals surface area (Å²) in [4.78, 5) is 25.9. The molecule has 7 nitrogen and oxygen atoms in total. The molecule has 1 N–H and O–H groups in total. The quantitative estimate of drug-likeness (QED) is 0.748. The third-order valence-corrected chi connectivity index (χ3v) is 4.53. The average Bonchev–Trinajstić information content (AvgIpc) is 3.21. The van der Waals surface area contributed by atoms with Gasteiger partial charge in [0.05, 0.1) is 5.69 Å². The summed E-state index contributed by atoms with van der Waals surface area (Å²) >= 11 is 0. The van der Waals surface area contributed by atoms with E-state index in [9.17, 15) is 14.7 Å². The fraction of sp³-hybridized carbons (Fsp3) is 0.200. The van der Waals surface area contributed by atoms with Crippen molar-refractivity contribution in [2.45, 2.75) is 25.5 Å². The molecule has 2 heterocycles. The van der Waals surface area contributed by atoms with Crippen LogP contribution in [0.25, 0.3) is 11.5 Å². The van der Waals surface area contributed by atoms with Gasteiger partial charge >= 0.3 is 0 Å². The van der Waals surface area contributed by atoms with Crippen LogP contribution in [0.5, 0.6) is 0 Å². The summed E-state index contributed by atoms with van der Waals surface area (Å²) in [7, 11) is 0. The molecular weight excluding hydrogens is 346 g/mol. The molecule has 1 aliphatic rings. The van der Waals surface area contributed by atoms with Gasteiger partial charge in [0.15, 0.2) is 5.60 Å². The van der Waals surface area contributed by atoms with Crippen LogP contribution < -0.4 is 4.90 Å². The zero-order valence-electron chi connectivity index (χ0n) is 14.6. The van der Waals surface area contributed by atoms with Gasteiger partial charge in [-0.15, -0.1) is 10.2 Å². The first-order valence-electron chi connectivity index (χ1n) is 8.50. The van der Waals surface area contributed by atoms with E-state index in [0.717, 1.165) is 5.56 Å². The third-order valence-electron chi connectivity index (χ3n) is 4.53. The summed E-state index contributed by atoms with van der Waals surface area (Å²) in [5.41, 5.74) is -0.152. The summed E-state index contributed by atoms with van der Waals surface area (Å²) in [6.07, 6.45) is -0.279. The predicted molar refractivity (Wildman–Crippen MR) is 96.6 cm³/mol. The van der Waals surface area contributed by atoms with Crippen LogP contribution in [0.2, 0.25) is 0 Å². The van der Waals surface area contributed by atoms with Crippen molar-refractivity contribution in [3.8, 4) is 11.5 Å². The highest BCUT2D eigenvalue weighted by atomic mass is 16.4. The van der Waals surface area contributed by atoms with Crippen LogP contribution >= 0.6 is 0 Å². The van der Waals surface area contributed by atoms with Crippen molar-refractivity contribution >= 4 is 17.4 Å². The maximum atomic E-state index is 12.9. The number of amides is 1. The number of aliphatic hydroxyl groups is 1. The molecule has 136 valence electrons. The van der Waals surface area contributed by atoms with Gasteiger partial charge in [0.25, 0.3) is 5.91 Å². The maximum absolute atomic E-state index is 12.9. The minimum atomic E-state index is -1.87. The molecule has 0 fully saturated rings. The van der Waals surface area contributed by atoms with Gasteiger partial charge in [-0.1, -0.05) is 36.4 Å². The van der Waals surface area contributed by atoms with Crippen LogP contribution in [0.4, 0.5) is 5.69 Å². The molecule has 0 spiro atoms. The maximum Gasteiger partial charge on any atom is 0.264 e. The van der Waals surface area contributed by atoms with Crippen LogP contribution in [0.3, 0.4) is 0 Å². The molecule has 1 unspecified atom stereocenters.